The van der Waals surface area contributed by atoms with Crippen molar-refractivity contribution in [3.05, 3.63) is 23.0 Å². The first-order valence-electron chi connectivity index (χ1n) is 4.26. The Balaban J connectivity index is 0.000000921. The first-order valence-corrected chi connectivity index (χ1v) is 4.64. The van der Waals surface area contributed by atoms with Crippen LogP contribution in [0.1, 0.15) is 19.4 Å². The predicted octanol–water partition coefficient (Wildman–Crippen LogP) is 3.97. The minimum Gasteiger partial charge on any atom is -0.404 e. The average molecular weight is 242 g/mol. The third-order valence-corrected chi connectivity index (χ3v) is 1.46. The Hall–Kier alpha value is -0.970. The van der Waals surface area contributed by atoms with Crippen molar-refractivity contribution in [1.29, 1.82) is 0 Å². The normalized spacial score (nSPS) is 10.3. The molecule has 0 atom stereocenters. The Bertz CT molecular complexity index is 315. The van der Waals surface area contributed by atoms with Crippen LogP contribution in [0.3, 0.4) is 0 Å². The van der Waals surface area contributed by atoms with Crippen LogP contribution < -0.4 is 4.74 Å². The summed E-state index contributed by atoms with van der Waals surface area (Å²) in [5.41, 5.74) is 0.289. The van der Waals surface area contributed by atoms with Gasteiger partial charge in [0.1, 0.15) is 5.15 Å². The lowest BCUT2D eigenvalue weighted by Gasteiger charge is -2.10. The van der Waals surface area contributed by atoms with Crippen LogP contribution in [0.15, 0.2) is 12.3 Å². The highest BCUT2D eigenvalue weighted by atomic mass is 35.5. The van der Waals surface area contributed by atoms with Crippen LogP contribution >= 0.6 is 11.6 Å². The van der Waals surface area contributed by atoms with Gasteiger partial charge in [0, 0.05) is 0 Å². The highest BCUT2D eigenvalue weighted by molar-refractivity contribution is 6.29. The van der Waals surface area contributed by atoms with Crippen LogP contribution in [0, 0.1) is 6.92 Å². The van der Waals surface area contributed by atoms with Crippen LogP contribution in [-0.4, -0.2) is 11.3 Å². The number of pyridine rings is 1. The first-order chi connectivity index (χ1) is 6.88. The minimum absolute atomic E-state index is 0.132. The van der Waals surface area contributed by atoms with Gasteiger partial charge in [-0.3, -0.25) is 0 Å². The summed E-state index contributed by atoms with van der Waals surface area (Å²) in [6, 6.07) is 1.29. The van der Waals surface area contributed by atoms with Crippen molar-refractivity contribution in [1.82, 2.24) is 4.98 Å². The number of halogens is 4. The zero-order valence-corrected chi connectivity index (χ0v) is 9.28. The smallest absolute Gasteiger partial charge is 0.404 e. The molecule has 0 aliphatic rings. The molecule has 0 aliphatic carbocycles. The molecule has 1 heterocycles. The summed E-state index contributed by atoms with van der Waals surface area (Å²) in [5, 5.41) is 0.132. The van der Waals surface area contributed by atoms with Gasteiger partial charge in [-0.2, -0.15) is 0 Å². The van der Waals surface area contributed by atoms with E-state index < -0.39 is 6.36 Å². The van der Waals surface area contributed by atoms with Crippen molar-refractivity contribution < 1.29 is 17.9 Å². The van der Waals surface area contributed by atoms with Crippen LogP contribution in [0.4, 0.5) is 13.2 Å². The lowest BCUT2D eigenvalue weighted by atomic mass is 10.3. The number of hydrogen-bond donors (Lipinski definition) is 0. The minimum atomic E-state index is -4.69. The molecule has 86 valence electrons. The van der Waals surface area contributed by atoms with Crippen molar-refractivity contribution in [3.63, 3.8) is 0 Å². The van der Waals surface area contributed by atoms with E-state index in [1.807, 2.05) is 13.8 Å². The third-order valence-electron chi connectivity index (χ3n) is 1.26. The van der Waals surface area contributed by atoms with E-state index >= 15 is 0 Å². The van der Waals surface area contributed by atoms with E-state index in [9.17, 15) is 13.2 Å². The van der Waals surface area contributed by atoms with Gasteiger partial charge >= 0.3 is 6.36 Å². The summed E-state index contributed by atoms with van der Waals surface area (Å²) in [6.07, 6.45) is -3.76. The number of nitrogens with zero attached hydrogens (tertiary/aromatic N) is 1. The molecule has 0 unspecified atom stereocenters. The molecule has 6 heteroatoms. The average Bonchev–Trinajstić information content (AvgIpc) is 2.12. The summed E-state index contributed by atoms with van der Waals surface area (Å²) in [7, 11) is 0. The van der Waals surface area contributed by atoms with E-state index in [0.29, 0.717) is 0 Å². The van der Waals surface area contributed by atoms with Gasteiger partial charge in [0.25, 0.3) is 0 Å². The Kier molecular flexibility index (Phi) is 5.43. The van der Waals surface area contributed by atoms with Gasteiger partial charge in [0.05, 0.1) is 6.20 Å². The van der Waals surface area contributed by atoms with Crippen molar-refractivity contribution in [2.75, 3.05) is 0 Å². The summed E-state index contributed by atoms with van der Waals surface area (Å²) in [6.45, 7) is 5.45. The van der Waals surface area contributed by atoms with Crippen molar-refractivity contribution in [2.24, 2.45) is 0 Å². The Morgan fingerprint density at radius 2 is 1.87 bits per heavy atom. The van der Waals surface area contributed by atoms with E-state index in [1.54, 1.807) is 0 Å². The zero-order valence-electron chi connectivity index (χ0n) is 8.52. The molecule has 0 aromatic carbocycles. The van der Waals surface area contributed by atoms with E-state index in [-0.39, 0.29) is 16.5 Å². The number of rotatable bonds is 1. The van der Waals surface area contributed by atoms with Crippen LogP contribution in [0.2, 0.25) is 5.15 Å². The SMILES string of the molecule is CC.Cc1cc(Cl)ncc1OC(F)(F)F. The summed E-state index contributed by atoms with van der Waals surface area (Å²) in [5.74, 6) is -0.336. The molecule has 0 bridgehead atoms. The summed E-state index contributed by atoms with van der Waals surface area (Å²) >= 11 is 5.44. The monoisotopic (exact) mass is 241 g/mol. The molecular weight excluding hydrogens is 231 g/mol. The maximum absolute atomic E-state index is 11.7. The molecule has 0 spiro atoms. The number of aromatic nitrogens is 1. The fourth-order valence-electron chi connectivity index (χ4n) is 0.741. The van der Waals surface area contributed by atoms with Gasteiger partial charge < -0.3 is 4.74 Å². The molecule has 0 saturated heterocycles. The first kappa shape index (κ1) is 14.0. The third kappa shape index (κ3) is 5.47. The molecule has 0 aliphatic heterocycles. The fraction of sp³-hybridized carbons (Fsp3) is 0.444. The second-order valence-electron chi connectivity index (χ2n) is 2.32. The molecule has 2 nitrogen and oxygen atoms in total. The maximum Gasteiger partial charge on any atom is 0.573 e. The maximum atomic E-state index is 11.7. The molecular formula is C9H11ClF3NO. The molecule has 1 aromatic rings. The molecule has 0 saturated carbocycles. The topological polar surface area (TPSA) is 22.1 Å². The second kappa shape index (κ2) is 5.80. The standard InChI is InChI=1S/C7H5ClF3NO.C2H6/c1-4-2-6(8)12-3-5(4)13-7(9,10)11;1-2/h2-3H,1H3;1-2H3. The number of hydrogen-bond acceptors (Lipinski definition) is 2. The van der Waals surface area contributed by atoms with Gasteiger partial charge in [0.2, 0.25) is 0 Å². The van der Waals surface area contributed by atoms with Crippen LogP contribution in [-0.2, 0) is 0 Å². The van der Waals surface area contributed by atoms with Gasteiger partial charge in [-0.25, -0.2) is 4.98 Å². The molecule has 0 amide bonds. The molecule has 15 heavy (non-hydrogen) atoms. The molecule has 1 rings (SSSR count). The molecule has 1 aromatic heterocycles. The van der Waals surface area contributed by atoms with Crippen molar-refractivity contribution in [3.8, 4) is 5.75 Å². The largest absolute Gasteiger partial charge is 0.573 e. The van der Waals surface area contributed by atoms with Crippen LogP contribution in [0.5, 0.6) is 5.75 Å². The Labute approximate surface area is 91.0 Å². The summed E-state index contributed by atoms with van der Waals surface area (Å²) < 4.78 is 38.9. The predicted molar refractivity (Wildman–Crippen MR) is 52.0 cm³/mol. The molecule has 0 radical (unpaired) electrons. The van der Waals surface area contributed by atoms with Crippen molar-refractivity contribution >= 4 is 11.6 Å². The van der Waals surface area contributed by atoms with Crippen molar-refractivity contribution in [2.45, 2.75) is 27.1 Å². The number of alkyl halides is 3. The summed E-state index contributed by atoms with van der Waals surface area (Å²) in [4.78, 5) is 3.46. The van der Waals surface area contributed by atoms with E-state index in [4.69, 9.17) is 11.6 Å². The van der Waals surface area contributed by atoms with Crippen LogP contribution in [0.25, 0.3) is 0 Å². The van der Waals surface area contributed by atoms with E-state index in [1.165, 1.54) is 13.0 Å². The molecule has 0 N–H and O–H groups in total. The number of aryl methyl sites for hydroxylation is 1. The quantitative estimate of drug-likeness (QED) is 0.694. The Morgan fingerprint density at radius 3 is 2.27 bits per heavy atom. The highest BCUT2D eigenvalue weighted by Crippen LogP contribution is 2.26. The zero-order chi connectivity index (χ0) is 12.1. The Morgan fingerprint density at radius 1 is 1.33 bits per heavy atom. The van der Waals surface area contributed by atoms with Gasteiger partial charge in [0.15, 0.2) is 5.75 Å². The number of ether oxygens (including phenoxy) is 1. The van der Waals surface area contributed by atoms with Gasteiger partial charge in [-0.15, -0.1) is 13.2 Å². The van der Waals surface area contributed by atoms with E-state index in [2.05, 4.69) is 9.72 Å². The molecule has 0 fully saturated rings. The highest BCUT2D eigenvalue weighted by Gasteiger charge is 2.31. The lowest BCUT2D eigenvalue weighted by Crippen LogP contribution is -2.17. The van der Waals surface area contributed by atoms with Gasteiger partial charge in [-0.1, -0.05) is 25.4 Å². The fourth-order valence-corrected chi connectivity index (χ4v) is 0.953. The second-order valence-corrected chi connectivity index (χ2v) is 2.71. The lowest BCUT2D eigenvalue weighted by molar-refractivity contribution is -0.274. The van der Waals surface area contributed by atoms with Gasteiger partial charge in [-0.05, 0) is 18.6 Å². The van der Waals surface area contributed by atoms with E-state index in [0.717, 1.165) is 6.20 Å².